The molecule has 0 fully saturated rings. The molecule has 140 valence electrons. The number of benzene rings is 1. The molecule has 0 saturated heterocycles. The summed E-state index contributed by atoms with van der Waals surface area (Å²) in [5, 5.41) is 0.733. The van der Waals surface area contributed by atoms with Crippen LogP contribution in [-0.2, 0) is 12.8 Å². The predicted octanol–water partition coefficient (Wildman–Crippen LogP) is 6.20. The Morgan fingerprint density at radius 2 is 1.74 bits per heavy atom. The van der Waals surface area contributed by atoms with Gasteiger partial charge in [0.1, 0.15) is 4.83 Å². The van der Waals surface area contributed by atoms with Gasteiger partial charge >= 0.3 is 6.18 Å². The van der Waals surface area contributed by atoms with Crippen LogP contribution in [0.25, 0.3) is 21.3 Å². The van der Waals surface area contributed by atoms with Crippen LogP contribution in [-0.4, -0.2) is 16.9 Å². The molecule has 27 heavy (non-hydrogen) atoms. The molecule has 0 radical (unpaired) electrons. The van der Waals surface area contributed by atoms with Crippen LogP contribution in [0, 0.1) is 13.8 Å². The van der Waals surface area contributed by atoms with Gasteiger partial charge in [-0.25, -0.2) is 4.98 Å². The van der Waals surface area contributed by atoms with Crippen molar-refractivity contribution < 1.29 is 18.0 Å². The van der Waals surface area contributed by atoms with Crippen molar-refractivity contribution in [1.82, 2.24) is 4.98 Å². The van der Waals surface area contributed by atoms with Gasteiger partial charge in [-0.05, 0) is 50.7 Å². The minimum absolute atomic E-state index is 0.138. The van der Waals surface area contributed by atoms with Crippen LogP contribution in [0.4, 0.5) is 13.2 Å². The first-order valence-corrected chi connectivity index (χ1v) is 9.72. The number of nitrogens with zero attached hydrogens (tertiary/aromatic N) is 1. The van der Waals surface area contributed by atoms with E-state index in [1.165, 1.54) is 11.8 Å². The van der Waals surface area contributed by atoms with E-state index in [1.807, 2.05) is 19.1 Å². The summed E-state index contributed by atoms with van der Waals surface area (Å²) in [6.07, 6.45) is -1.12. The van der Waals surface area contributed by atoms with Gasteiger partial charge in [0.15, 0.2) is 0 Å². The Morgan fingerprint density at radius 1 is 1.07 bits per heavy atom. The van der Waals surface area contributed by atoms with Crippen LogP contribution in [0.1, 0.15) is 44.9 Å². The van der Waals surface area contributed by atoms with Gasteiger partial charge < -0.3 is 0 Å². The molecular weight excluding hydrogens is 371 g/mol. The number of rotatable bonds is 2. The quantitative estimate of drug-likeness (QED) is 0.488. The monoisotopic (exact) mass is 389 g/mol. The number of carbonyl (C=O) groups excluding carboxylic acids is 1. The number of pyridine rings is 1. The van der Waals surface area contributed by atoms with Gasteiger partial charge in [-0.2, -0.15) is 13.2 Å². The number of halogens is 3. The number of aromatic nitrogens is 1. The number of hydrogen-bond acceptors (Lipinski definition) is 3. The number of alkyl halides is 3. The van der Waals surface area contributed by atoms with E-state index in [0.717, 1.165) is 47.0 Å². The Balaban J connectivity index is 2.12. The maximum absolute atomic E-state index is 13.4. The molecule has 0 aliphatic heterocycles. The van der Waals surface area contributed by atoms with E-state index in [-0.39, 0.29) is 11.3 Å². The summed E-state index contributed by atoms with van der Waals surface area (Å²) in [7, 11) is 0. The van der Waals surface area contributed by atoms with Crippen molar-refractivity contribution in [1.29, 1.82) is 0 Å². The lowest BCUT2D eigenvalue weighted by atomic mass is 9.88. The summed E-state index contributed by atoms with van der Waals surface area (Å²) in [6.45, 7) is 3.42. The molecule has 1 aliphatic rings. The van der Waals surface area contributed by atoms with E-state index < -0.39 is 12.0 Å². The molecule has 2 aromatic heterocycles. The average Bonchev–Trinajstić information content (AvgIpc) is 2.98. The van der Waals surface area contributed by atoms with E-state index in [1.54, 1.807) is 23.5 Å². The van der Waals surface area contributed by atoms with Crippen molar-refractivity contribution in [2.45, 2.75) is 45.7 Å². The average molecular weight is 389 g/mol. The Kier molecular flexibility index (Phi) is 4.34. The van der Waals surface area contributed by atoms with E-state index in [4.69, 9.17) is 0 Å². The second-order valence-corrected chi connectivity index (χ2v) is 8.11. The number of Topliss-reactive ketones (excluding diaryl/α,β-unsaturated/α-hetero) is 1. The minimum atomic E-state index is -4.93. The lowest BCUT2D eigenvalue weighted by Crippen LogP contribution is -2.25. The molecule has 2 heterocycles. The molecule has 0 amide bonds. The summed E-state index contributed by atoms with van der Waals surface area (Å²) in [6, 6.07) is 7.31. The van der Waals surface area contributed by atoms with E-state index >= 15 is 0 Å². The number of thiophene rings is 1. The zero-order chi connectivity index (χ0) is 19.3. The number of fused-ring (bicyclic) bond motifs is 3. The molecule has 0 saturated carbocycles. The van der Waals surface area contributed by atoms with Gasteiger partial charge in [-0.3, -0.25) is 4.79 Å². The molecule has 0 bridgehead atoms. The summed E-state index contributed by atoms with van der Waals surface area (Å²) >= 11 is 1.55. The number of carbonyl (C=O) groups is 1. The Bertz CT molecular complexity index is 1050. The molecule has 1 aliphatic carbocycles. The molecule has 2 nitrogen and oxygen atoms in total. The van der Waals surface area contributed by atoms with Gasteiger partial charge in [0.2, 0.25) is 0 Å². The first kappa shape index (κ1) is 18.2. The van der Waals surface area contributed by atoms with Gasteiger partial charge in [0, 0.05) is 15.8 Å². The van der Waals surface area contributed by atoms with Crippen molar-refractivity contribution in [3.8, 4) is 11.1 Å². The van der Waals surface area contributed by atoms with E-state index in [9.17, 15) is 18.0 Å². The third kappa shape index (κ3) is 3.06. The zero-order valence-corrected chi connectivity index (χ0v) is 15.9. The molecule has 0 spiro atoms. The van der Waals surface area contributed by atoms with E-state index in [0.29, 0.717) is 11.1 Å². The Hall–Kier alpha value is -2.21. The SMILES string of the molecule is Cc1ccc(-c2c(C(=O)C(F)(F)F)c(C)nc3sc4c(c23)CCCC4)cc1. The third-order valence-electron chi connectivity index (χ3n) is 5.11. The van der Waals surface area contributed by atoms with Gasteiger partial charge in [0.05, 0.1) is 11.3 Å². The van der Waals surface area contributed by atoms with Gasteiger partial charge in [-0.1, -0.05) is 29.8 Å². The Morgan fingerprint density at radius 3 is 2.41 bits per heavy atom. The molecule has 1 aromatic carbocycles. The second kappa shape index (κ2) is 6.44. The number of ketones is 1. The highest BCUT2D eigenvalue weighted by molar-refractivity contribution is 7.19. The van der Waals surface area contributed by atoms with Crippen LogP contribution >= 0.6 is 11.3 Å². The van der Waals surface area contributed by atoms with Gasteiger partial charge in [-0.15, -0.1) is 11.3 Å². The van der Waals surface area contributed by atoms with Crippen molar-refractivity contribution >= 4 is 27.3 Å². The predicted molar refractivity (Wildman–Crippen MR) is 102 cm³/mol. The van der Waals surface area contributed by atoms with Crippen LogP contribution in [0.2, 0.25) is 0 Å². The molecule has 6 heteroatoms. The molecule has 4 rings (SSSR count). The molecule has 0 atom stereocenters. The zero-order valence-electron chi connectivity index (χ0n) is 15.0. The first-order chi connectivity index (χ1) is 12.8. The highest BCUT2D eigenvalue weighted by Crippen LogP contribution is 2.44. The summed E-state index contributed by atoms with van der Waals surface area (Å²) < 4.78 is 40.1. The topological polar surface area (TPSA) is 30.0 Å². The summed E-state index contributed by atoms with van der Waals surface area (Å²) in [4.78, 5) is 18.7. The number of aryl methyl sites for hydroxylation is 4. The smallest absolute Gasteiger partial charge is 0.284 e. The number of hydrogen-bond donors (Lipinski definition) is 0. The fraction of sp³-hybridized carbons (Fsp3) is 0.333. The first-order valence-electron chi connectivity index (χ1n) is 8.91. The summed E-state index contributed by atoms with van der Waals surface area (Å²) in [5.41, 5.74) is 2.93. The molecule has 0 N–H and O–H groups in total. The fourth-order valence-electron chi connectivity index (χ4n) is 3.83. The van der Waals surface area contributed by atoms with Crippen LogP contribution in [0.15, 0.2) is 24.3 Å². The van der Waals surface area contributed by atoms with Crippen molar-refractivity contribution in [3.05, 3.63) is 51.5 Å². The van der Waals surface area contributed by atoms with Gasteiger partial charge in [0.25, 0.3) is 5.78 Å². The van der Waals surface area contributed by atoms with Crippen molar-refractivity contribution in [2.75, 3.05) is 0 Å². The maximum atomic E-state index is 13.4. The summed E-state index contributed by atoms with van der Waals surface area (Å²) in [5.74, 6) is -1.82. The standard InChI is InChI=1S/C21H18F3NOS/c1-11-7-9-13(10-8-11)17-16(19(26)21(22,23)24)12(2)25-20-18(17)14-5-3-4-6-15(14)27-20/h7-10H,3-6H2,1-2H3. The lowest BCUT2D eigenvalue weighted by molar-refractivity contribution is -0.0885. The maximum Gasteiger partial charge on any atom is 0.454 e. The third-order valence-corrected chi connectivity index (χ3v) is 6.29. The van der Waals surface area contributed by atoms with Crippen molar-refractivity contribution in [3.63, 3.8) is 0 Å². The minimum Gasteiger partial charge on any atom is -0.284 e. The highest BCUT2D eigenvalue weighted by atomic mass is 32.1. The fourth-order valence-corrected chi connectivity index (χ4v) is 5.15. The van der Waals surface area contributed by atoms with Crippen LogP contribution in [0.5, 0.6) is 0 Å². The Labute approximate surface area is 159 Å². The van der Waals surface area contributed by atoms with E-state index in [2.05, 4.69) is 4.98 Å². The highest BCUT2D eigenvalue weighted by Gasteiger charge is 2.42. The van der Waals surface area contributed by atoms with Crippen LogP contribution < -0.4 is 0 Å². The largest absolute Gasteiger partial charge is 0.454 e. The van der Waals surface area contributed by atoms with Crippen molar-refractivity contribution in [2.24, 2.45) is 0 Å². The molecule has 0 unspecified atom stereocenters. The lowest BCUT2D eigenvalue weighted by Gasteiger charge is -2.17. The normalized spacial score (nSPS) is 14.4. The van der Waals surface area contributed by atoms with Crippen LogP contribution in [0.3, 0.4) is 0 Å². The molecular formula is C21H18F3NOS. The second-order valence-electron chi connectivity index (χ2n) is 7.03. The molecule has 3 aromatic rings.